The zero-order valence-electron chi connectivity index (χ0n) is 8.60. The van der Waals surface area contributed by atoms with Gasteiger partial charge in [-0.1, -0.05) is 6.07 Å². The molecule has 0 amide bonds. The van der Waals surface area contributed by atoms with Crippen molar-refractivity contribution in [2.45, 2.75) is 12.5 Å². The average Bonchev–Trinajstić information content (AvgIpc) is 2.73. The molecule has 0 saturated heterocycles. The predicted molar refractivity (Wildman–Crippen MR) is 65.4 cm³/mol. The lowest BCUT2D eigenvalue weighted by molar-refractivity contribution is 0.480. The molecular weight excluding hydrogens is 268 g/mol. The van der Waals surface area contributed by atoms with Gasteiger partial charge in [0.15, 0.2) is 0 Å². The van der Waals surface area contributed by atoms with E-state index in [2.05, 4.69) is 37.4 Å². The number of rotatable bonds is 1. The first-order valence-corrected chi connectivity index (χ1v) is 6.02. The van der Waals surface area contributed by atoms with Crippen LogP contribution in [0.1, 0.15) is 18.0 Å². The topological polar surface area (TPSA) is 42.7 Å². The van der Waals surface area contributed by atoms with Crippen LogP contribution in [0.4, 0.5) is 5.82 Å². The molecule has 1 unspecified atom stereocenters. The lowest BCUT2D eigenvalue weighted by atomic mass is 10.0. The van der Waals surface area contributed by atoms with Crippen LogP contribution in [0.3, 0.4) is 0 Å². The summed E-state index contributed by atoms with van der Waals surface area (Å²) < 4.78 is 3.03. The van der Waals surface area contributed by atoms with Gasteiger partial charge in [-0.3, -0.25) is 4.98 Å². The van der Waals surface area contributed by atoms with Gasteiger partial charge in [-0.05, 0) is 34.0 Å². The maximum atomic E-state index is 4.39. The van der Waals surface area contributed by atoms with E-state index >= 15 is 0 Å². The minimum Gasteiger partial charge on any atom is -0.369 e. The number of nitrogens with one attached hydrogen (secondary N) is 1. The normalized spacial score (nSPS) is 18.9. The molecule has 1 N–H and O–H groups in total. The van der Waals surface area contributed by atoms with Crippen molar-refractivity contribution in [3.8, 4) is 0 Å². The Hall–Kier alpha value is -1.36. The summed E-state index contributed by atoms with van der Waals surface area (Å²) in [6.45, 7) is 0.962. The fraction of sp³-hybridized carbons (Fsp3) is 0.273. The number of pyridine rings is 1. The van der Waals surface area contributed by atoms with Gasteiger partial charge in [0.2, 0.25) is 0 Å². The van der Waals surface area contributed by atoms with E-state index in [0.29, 0.717) is 0 Å². The zero-order valence-corrected chi connectivity index (χ0v) is 10.2. The maximum absolute atomic E-state index is 4.39. The Bertz CT molecular complexity index is 494. The molecule has 1 aliphatic heterocycles. The van der Waals surface area contributed by atoms with Crippen LogP contribution in [0.2, 0.25) is 0 Å². The zero-order chi connectivity index (χ0) is 11.0. The number of nitrogens with zero attached hydrogens (tertiary/aromatic N) is 3. The number of halogens is 1. The molecule has 0 saturated carbocycles. The van der Waals surface area contributed by atoms with Crippen molar-refractivity contribution in [1.82, 2.24) is 14.8 Å². The van der Waals surface area contributed by atoms with Crippen molar-refractivity contribution in [2.75, 3.05) is 11.9 Å². The second-order valence-corrected chi connectivity index (χ2v) is 4.66. The SMILES string of the molecule is Brc1cnn2c1NCCC2c1cccnc1. The first kappa shape index (κ1) is 9.84. The Morgan fingerprint density at radius 3 is 3.19 bits per heavy atom. The van der Waals surface area contributed by atoms with Crippen molar-refractivity contribution >= 4 is 21.7 Å². The summed E-state index contributed by atoms with van der Waals surface area (Å²) in [4.78, 5) is 4.17. The standard InChI is InChI=1S/C11H11BrN4/c12-9-7-15-16-10(3-5-14-11(9)16)8-2-1-4-13-6-8/h1-2,4,6-7,10,14H,3,5H2. The van der Waals surface area contributed by atoms with Crippen LogP contribution < -0.4 is 5.32 Å². The molecule has 1 aliphatic rings. The fourth-order valence-electron chi connectivity index (χ4n) is 2.07. The Kier molecular flexibility index (Phi) is 2.40. The van der Waals surface area contributed by atoms with Crippen LogP contribution in [-0.4, -0.2) is 21.3 Å². The molecular formula is C11H11BrN4. The molecule has 0 bridgehead atoms. The minimum absolute atomic E-state index is 0.288. The summed E-state index contributed by atoms with van der Waals surface area (Å²) in [5.74, 6) is 1.06. The molecule has 2 aromatic heterocycles. The summed E-state index contributed by atoms with van der Waals surface area (Å²) in [5, 5.41) is 7.74. The number of hydrogen-bond donors (Lipinski definition) is 1. The van der Waals surface area contributed by atoms with Crippen molar-refractivity contribution in [3.63, 3.8) is 0 Å². The van der Waals surface area contributed by atoms with Crippen LogP contribution in [0.5, 0.6) is 0 Å². The lowest BCUT2D eigenvalue weighted by Crippen LogP contribution is -2.24. The molecule has 0 aliphatic carbocycles. The Morgan fingerprint density at radius 1 is 1.44 bits per heavy atom. The average molecular weight is 279 g/mol. The van der Waals surface area contributed by atoms with Gasteiger partial charge < -0.3 is 5.32 Å². The highest BCUT2D eigenvalue weighted by molar-refractivity contribution is 9.10. The highest BCUT2D eigenvalue weighted by atomic mass is 79.9. The summed E-state index contributed by atoms with van der Waals surface area (Å²) in [7, 11) is 0. The molecule has 16 heavy (non-hydrogen) atoms. The molecule has 5 heteroatoms. The van der Waals surface area contributed by atoms with Gasteiger partial charge in [-0.2, -0.15) is 5.10 Å². The van der Waals surface area contributed by atoms with Gasteiger partial charge in [-0.25, -0.2) is 4.68 Å². The monoisotopic (exact) mass is 278 g/mol. The van der Waals surface area contributed by atoms with Crippen molar-refractivity contribution in [3.05, 3.63) is 40.8 Å². The van der Waals surface area contributed by atoms with Gasteiger partial charge >= 0.3 is 0 Å². The van der Waals surface area contributed by atoms with Crippen LogP contribution in [0.25, 0.3) is 0 Å². The van der Waals surface area contributed by atoms with Crippen molar-refractivity contribution in [2.24, 2.45) is 0 Å². The predicted octanol–water partition coefficient (Wildman–Crippen LogP) is 2.45. The summed E-state index contributed by atoms with van der Waals surface area (Å²) >= 11 is 3.49. The number of hydrogen-bond acceptors (Lipinski definition) is 3. The second kappa shape index (κ2) is 3.90. The van der Waals surface area contributed by atoms with E-state index in [4.69, 9.17) is 0 Å². The molecule has 0 aromatic carbocycles. The van der Waals surface area contributed by atoms with E-state index in [1.54, 1.807) is 6.20 Å². The van der Waals surface area contributed by atoms with Crippen LogP contribution >= 0.6 is 15.9 Å². The first-order chi connectivity index (χ1) is 7.86. The third-order valence-corrected chi connectivity index (χ3v) is 3.41. The number of fused-ring (bicyclic) bond motifs is 1. The highest BCUT2D eigenvalue weighted by Gasteiger charge is 2.23. The quantitative estimate of drug-likeness (QED) is 0.871. The van der Waals surface area contributed by atoms with E-state index in [0.717, 1.165) is 23.3 Å². The van der Waals surface area contributed by atoms with Crippen LogP contribution in [0, 0.1) is 0 Å². The van der Waals surface area contributed by atoms with Crippen LogP contribution in [-0.2, 0) is 0 Å². The van der Waals surface area contributed by atoms with Gasteiger partial charge in [0.05, 0.1) is 16.7 Å². The molecule has 0 fully saturated rings. The molecule has 2 aromatic rings. The summed E-state index contributed by atoms with van der Waals surface area (Å²) in [6, 6.07) is 4.36. The smallest absolute Gasteiger partial charge is 0.139 e. The summed E-state index contributed by atoms with van der Waals surface area (Å²) in [5.41, 5.74) is 1.21. The van der Waals surface area contributed by atoms with E-state index in [1.807, 2.05) is 23.1 Å². The Morgan fingerprint density at radius 2 is 2.38 bits per heavy atom. The fourth-order valence-corrected chi connectivity index (χ4v) is 2.49. The maximum Gasteiger partial charge on any atom is 0.139 e. The van der Waals surface area contributed by atoms with Gasteiger partial charge in [0, 0.05) is 18.9 Å². The van der Waals surface area contributed by atoms with Crippen molar-refractivity contribution < 1.29 is 0 Å². The molecule has 0 spiro atoms. The third kappa shape index (κ3) is 1.51. The molecule has 3 rings (SSSR count). The van der Waals surface area contributed by atoms with Crippen molar-refractivity contribution in [1.29, 1.82) is 0 Å². The van der Waals surface area contributed by atoms with E-state index in [9.17, 15) is 0 Å². The lowest BCUT2D eigenvalue weighted by Gasteiger charge is -2.25. The molecule has 3 heterocycles. The summed E-state index contributed by atoms with van der Waals surface area (Å²) in [6.07, 6.45) is 6.57. The van der Waals surface area contributed by atoms with Gasteiger partial charge in [0.1, 0.15) is 5.82 Å². The van der Waals surface area contributed by atoms with E-state index in [1.165, 1.54) is 5.56 Å². The highest BCUT2D eigenvalue weighted by Crippen LogP contribution is 2.33. The van der Waals surface area contributed by atoms with Gasteiger partial charge in [-0.15, -0.1) is 0 Å². The van der Waals surface area contributed by atoms with Gasteiger partial charge in [0.25, 0.3) is 0 Å². The molecule has 4 nitrogen and oxygen atoms in total. The molecule has 82 valence electrons. The number of anilines is 1. The minimum atomic E-state index is 0.288. The van der Waals surface area contributed by atoms with E-state index < -0.39 is 0 Å². The van der Waals surface area contributed by atoms with E-state index in [-0.39, 0.29) is 6.04 Å². The number of aromatic nitrogens is 3. The van der Waals surface area contributed by atoms with Crippen LogP contribution in [0.15, 0.2) is 35.2 Å². The first-order valence-electron chi connectivity index (χ1n) is 5.23. The Balaban J connectivity index is 2.05. The molecule has 1 atom stereocenters. The Labute approximate surface area is 102 Å². The molecule has 0 radical (unpaired) electrons. The second-order valence-electron chi connectivity index (χ2n) is 3.80. The largest absolute Gasteiger partial charge is 0.369 e. The third-order valence-electron chi connectivity index (χ3n) is 2.83.